The van der Waals surface area contributed by atoms with Crippen molar-refractivity contribution in [3.8, 4) is 11.3 Å². The summed E-state index contributed by atoms with van der Waals surface area (Å²) in [6.07, 6.45) is 0. The SMILES string of the molecule is Cc1ccc(Cn2nnc(C(=O)O)c2-c2ccc(F)cc2)cc1. The summed E-state index contributed by atoms with van der Waals surface area (Å²) in [6, 6.07) is 13.5. The number of carboxylic acid groups (broad SMARTS) is 1. The van der Waals surface area contributed by atoms with Gasteiger partial charge in [-0.2, -0.15) is 0 Å². The van der Waals surface area contributed by atoms with Gasteiger partial charge in [0.1, 0.15) is 11.5 Å². The van der Waals surface area contributed by atoms with Gasteiger partial charge >= 0.3 is 5.97 Å². The number of hydrogen-bond donors (Lipinski definition) is 1. The summed E-state index contributed by atoms with van der Waals surface area (Å²) in [5.74, 6) is -1.55. The monoisotopic (exact) mass is 311 g/mol. The van der Waals surface area contributed by atoms with E-state index in [1.54, 1.807) is 0 Å². The molecule has 3 aromatic rings. The highest BCUT2D eigenvalue weighted by atomic mass is 19.1. The predicted octanol–water partition coefficient (Wildman–Crippen LogP) is 3.14. The molecule has 2 aromatic carbocycles. The molecule has 0 fully saturated rings. The van der Waals surface area contributed by atoms with Crippen LogP contribution in [0.25, 0.3) is 11.3 Å². The summed E-state index contributed by atoms with van der Waals surface area (Å²) in [5.41, 5.74) is 2.88. The van der Waals surface area contributed by atoms with E-state index >= 15 is 0 Å². The van der Waals surface area contributed by atoms with E-state index < -0.39 is 5.97 Å². The first-order valence-corrected chi connectivity index (χ1v) is 7.03. The van der Waals surface area contributed by atoms with E-state index in [1.807, 2.05) is 31.2 Å². The summed E-state index contributed by atoms with van der Waals surface area (Å²) in [6.45, 7) is 2.37. The van der Waals surface area contributed by atoms with Gasteiger partial charge in [0.05, 0.1) is 6.54 Å². The Labute approximate surface area is 132 Å². The average molecular weight is 311 g/mol. The number of carbonyl (C=O) groups is 1. The number of rotatable bonds is 4. The van der Waals surface area contributed by atoms with Crippen molar-refractivity contribution in [2.24, 2.45) is 0 Å². The lowest BCUT2D eigenvalue weighted by Crippen LogP contribution is -2.06. The van der Waals surface area contributed by atoms with Crippen LogP contribution in [0.1, 0.15) is 21.6 Å². The van der Waals surface area contributed by atoms with Crippen molar-refractivity contribution < 1.29 is 14.3 Å². The van der Waals surface area contributed by atoms with Crippen molar-refractivity contribution in [2.75, 3.05) is 0 Å². The molecule has 0 aliphatic rings. The molecule has 0 saturated carbocycles. The number of benzene rings is 2. The zero-order chi connectivity index (χ0) is 16.4. The minimum Gasteiger partial charge on any atom is -0.476 e. The van der Waals surface area contributed by atoms with Crippen LogP contribution in [-0.2, 0) is 6.54 Å². The first-order chi connectivity index (χ1) is 11.0. The molecule has 0 aliphatic carbocycles. The molecule has 0 amide bonds. The van der Waals surface area contributed by atoms with Gasteiger partial charge in [-0.25, -0.2) is 13.9 Å². The Balaban J connectivity index is 2.05. The summed E-state index contributed by atoms with van der Waals surface area (Å²) in [5, 5.41) is 17.0. The van der Waals surface area contributed by atoms with E-state index in [4.69, 9.17) is 0 Å². The fraction of sp³-hybridized carbons (Fsp3) is 0.118. The smallest absolute Gasteiger partial charge is 0.358 e. The van der Waals surface area contributed by atoms with Crippen LogP contribution in [0.4, 0.5) is 4.39 Å². The lowest BCUT2D eigenvalue weighted by Gasteiger charge is -2.08. The summed E-state index contributed by atoms with van der Waals surface area (Å²) >= 11 is 0. The van der Waals surface area contributed by atoms with E-state index in [0.717, 1.165) is 11.1 Å². The molecular weight excluding hydrogens is 297 g/mol. The largest absolute Gasteiger partial charge is 0.476 e. The Hall–Kier alpha value is -3.02. The summed E-state index contributed by atoms with van der Waals surface area (Å²) in [4.78, 5) is 11.4. The third-order valence-electron chi connectivity index (χ3n) is 3.51. The van der Waals surface area contributed by atoms with E-state index in [9.17, 15) is 14.3 Å². The van der Waals surface area contributed by atoms with Crippen LogP contribution in [0, 0.1) is 12.7 Å². The molecule has 5 nitrogen and oxygen atoms in total. The third kappa shape index (κ3) is 3.11. The molecule has 0 saturated heterocycles. The van der Waals surface area contributed by atoms with Crippen molar-refractivity contribution in [1.29, 1.82) is 0 Å². The zero-order valence-electron chi connectivity index (χ0n) is 12.4. The van der Waals surface area contributed by atoms with Crippen LogP contribution >= 0.6 is 0 Å². The molecule has 3 rings (SSSR count). The summed E-state index contributed by atoms with van der Waals surface area (Å²) < 4.78 is 14.6. The van der Waals surface area contributed by atoms with Gasteiger partial charge in [0.2, 0.25) is 0 Å². The molecule has 0 bridgehead atoms. The lowest BCUT2D eigenvalue weighted by molar-refractivity contribution is 0.0691. The van der Waals surface area contributed by atoms with Crippen molar-refractivity contribution >= 4 is 5.97 Å². The number of carboxylic acids is 1. The van der Waals surface area contributed by atoms with Gasteiger partial charge in [-0.05, 0) is 36.8 Å². The molecule has 0 atom stereocenters. The van der Waals surface area contributed by atoms with Crippen LogP contribution in [0.3, 0.4) is 0 Å². The van der Waals surface area contributed by atoms with Gasteiger partial charge in [0.25, 0.3) is 0 Å². The second-order valence-corrected chi connectivity index (χ2v) is 5.24. The fourth-order valence-corrected chi connectivity index (χ4v) is 2.33. The average Bonchev–Trinajstić information content (AvgIpc) is 2.94. The van der Waals surface area contributed by atoms with E-state index in [0.29, 0.717) is 17.8 Å². The van der Waals surface area contributed by atoms with Gasteiger partial charge in [-0.1, -0.05) is 35.0 Å². The number of aromatic nitrogens is 3. The van der Waals surface area contributed by atoms with Crippen LogP contribution in [0.2, 0.25) is 0 Å². The number of halogens is 1. The molecule has 0 aliphatic heterocycles. The van der Waals surface area contributed by atoms with E-state index in [-0.39, 0.29) is 11.5 Å². The number of aryl methyl sites for hydroxylation is 1. The molecule has 0 unspecified atom stereocenters. The maximum absolute atomic E-state index is 13.1. The second kappa shape index (κ2) is 6.00. The molecule has 116 valence electrons. The van der Waals surface area contributed by atoms with Crippen molar-refractivity contribution in [1.82, 2.24) is 15.0 Å². The van der Waals surface area contributed by atoms with Gasteiger partial charge in [-0.15, -0.1) is 5.10 Å². The van der Waals surface area contributed by atoms with Crippen LogP contribution < -0.4 is 0 Å². The highest BCUT2D eigenvalue weighted by molar-refractivity contribution is 5.92. The molecule has 1 aromatic heterocycles. The predicted molar refractivity (Wildman–Crippen MR) is 82.7 cm³/mol. The Morgan fingerprint density at radius 1 is 1.13 bits per heavy atom. The minimum atomic E-state index is -1.17. The van der Waals surface area contributed by atoms with Crippen LogP contribution in [0.5, 0.6) is 0 Å². The highest BCUT2D eigenvalue weighted by Crippen LogP contribution is 2.23. The highest BCUT2D eigenvalue weighted by Gasteiger charge is 2.20. The number of nitrogens with zero attached hydrogens (tertiary/aromatic N) is 3. The van der Waals surface area contributed by atoms with Crippen molar-refractivity contribution in [3.63, 3.8) is 0 Å². The topological polar surface area (TPSA) is 68.0 Å². The zero-order valence-corrected chi connectivity index (χ0v) is 12.4. The molecule has 6 heteroatoms. The van der Waals surface area contributed by atoms with Crippen molar-refractivity contribution in [3.05, 3.63) is 71.2 Å². The second-order valence-electron chi connectivity index (χ2n) is 5.24. The lowest BCUT2D eigenvalue weighted by atomic mass is 10.1. The van der Waals surface area contributed by atoms with E-state index in [2.05, 4.69) is 10.3 Å². The first kappa shape index (κ1) is 14.9. The Kier molecular flexibility index (Phi) is 3.89. The molecule has 23 heavy (non-hydrogen) atoms. The van der Waals surface area contributed by atoms with Gasteiger partial charge < -0.3 is 5.11 Å². The quantitative estimate of drug-likeness (QED) is 0.803. The molecule has 1 heterocycles. The molecule has 0 radical (unpaired) electrons. The molecule has 0 spiro atoms. The normalized spacial score (nSPS) is 10.7. The third-order valence-corrected chi connectivity index (χ3v) is 3.51. The fourth-order valence-electron chi connectivity index (χ4n) is 2.33. The standard InChI is InChI=1S/C17H14FN3O2/c1-11-2-4-12(5-3-11)10-21-16(15(17(22)23)19-20-21)13-6-8-14(18)9-7-13/h2-9H,10H2,1H3,(H,22,23). The van der Waals surface area contributed by atoms with Gasteiger partial charge in [-0.3, -0.25) is 0 Å². The molecular formula is C17H14FN3O2. The Morgan fingerprint density at radius 3 is 2.39 bits per heavy atom. The number of hydrogen-bond acceptors (Lipinski definition) is 3. The van der Waals surface area contributed by atoms with Crippen molar-refractivity contribution in [2.45, 2.75) is 13.5 Å². The Bertz CT molecular complexity index is 839. The van der Waals surface area contributed by atoms with Gasteiger partial charge in [0, 0.05) is 5.56 Å². The molecule has 1 N–H and O–H groups in total. The Morgan fingerprint density at radius 2 is 1.78 bits per heavy atom. The maximum Gasteiger partial charge on any atom is 0.358 e. The summed E-state index contributed by atoms with van der Waals surface area (Å²) in [7, 11) is 0. The van der Waals surface area contributed by atoms with Crippen LogP contribution in [0.15, 0.2) is 48.5 Å². The van der Waals surface area contributed by atoms with Gasteiger partial charge in [0.15, 0.2) is 5.69 Å². The number of aromatic carboxylic acids is 1. The van der Waals surface area contributed by atoms with E-state index in [1.165, 1.54) is 28.9 Å². The first-order valence-electron chi connectivity index (χ1n) is 7.03. The van der Waals surface area contributed by atoms with Crippen LogP contribution in [-0.4, -0.2) is 26.1 Å². The minimum absolute atomic E-state index is 0.149. The maximum atomic E-state index is 13.1.